The Morgan fingerprint density at radius 2 is 0.822 bits per heavy atom. The number of hydrogen-bond donors (Lipinski definition) is 0. The van der Waals surface area contributed by atoms with Crippen LogP contribution in [-0.2, 0) is 0 Å². The van der Waals surface area contributed by atoms with Gasteiger partial charge in [0.2, 0.25) is 0 Å². The third kappa shape index (κ3) is 4.60. The molecule has 0 bridgehead atoms. The average molecular weight is 610 g/mol. The van der Waals surface area contributed by atoms with Gasteiger partial charge in [0.1, 0.15) is 0 Å². The topological polar surface area (TPSA) is 3.24 Å². The number of fused-ring (bicyclic) bond motifs is 6. The smallest absolute Gasteiger partial charge is 0.0476 e. The maximum atomic E-state index is 2.39. The second-order valence-corrected chi connectivity index (χ2v) is 13.6. The summed E-state index contributed by atoms with van der Waals surface area (Å²) in [6, 6.07) is 59.7. The van der Waals surface area contributed by atoms with Crippen LogP contribution < -0.4 is 4.90 Å². The molecule has 0 saturated heterocycles. The number of anilines is 3. The summed E-state index contributed by atoms with van der Waals surface area (Å²) in [5.41, 5.74) is 8.29. The van der Waals surface area contributed by atoms with Crippen LogP contribution in [0.1, 0.15) is 0 Å². The molecule has 7 aromatic carbocycles. The molecule has 9 rings (SSSR count). The molecular formula is C42H27NS2. The van der Waals surface area contributed by atoms with Gasteiger partial charge >= 0.3 is 0 Å². The van der Waals surface area contributed by atoms with Crippen LogP contribution in [0.2, 0.25) is 0 Å². The van der Waals surface area contributed by atoms with Gasteiger partial charge in [0.25, 0.3) is 0 Å². The Bertz CT molecular complexity index is 2490. The molecular weight excluding hydrogens is 583 g/mol. The fourth-order valence-corrected chi connectivity index (χ4v) is 8.69. The molecule has 0 aliphatic heterocycles. The summed E-state index contributed by atoms with van der Waals surface area (Å²) >= 11 is 3.72. The van der Waals surface area contributed by atoms with E-state index in [4.69, 9.17) is 0 Å². The highest BCUT2D eigenvalue weighted by Crippen LogP contribution is 2.42. The number of rotatable bonds is 5. The summed E-state index contributed by atoms with van der Waals surface area (Å²) in [5, 5.41) is 5.28. The first-order chi connectivity index (χ1) is 22.3. The normalized spacial score (nSPS) is 11.6. The number of hydrogen-bond acceptors (Lipinski definition) is 3. The standard InChI is InChI=1S/C42H27NS2/c1-2-9-28(10-3-1)29-17-20-32(21-18-29)43(34-22-23-37-35-13-4-6-15-39(35)45-42(37)27-34)33-12-8-11-30(25-33)31-19-24-41-38(26-31)36-14-5-7-16-40(36)44-41/h1-27H. The molecule has 0 amide bonds. The van der Waals surface area contributed by atoms with E-state index in [1.807, 2.05) is 22.7 Å². The zero-order chi connectivity index (χ0) is 29.7. The quantitative estimate of drug-likeness (QED) is 0.188. The molecule has 1 nitrogen and oxygen atoms in total. The Labute approximate surface area is 269 Å². The molecule has 0 aliphatic carbocycles. The summed E-state index contributed by atoms with van der Waals surface area (Å²) in [7, 11) is 0. The minimum absolute atomic E-state index is 1.13. The molecule has 0 aliphatic rings. The maximum Gasteiger partial charge on any atom is 0.0476 e. The van der Waals surface area contributed by atoms with Crippen molar-refractivity contribution in [3.63, 3.8) is 0 Å². The summed E-state index contributed by atoms with van der Waals surface area (Å²) < 4.78 is 5.28. The molecule has 45 heavy (non-hydrogen) atoms. The number of thiophene rings is 2. The molecule has 2 heterocycles. The lowest BCUT2D eigenvalue weighted by molar-refractivity contribution is 1.29. The van der Waals surface area contributed by atoms with Gasteiger partial charge in [0.05, 0.1) is 0 Å². The Hall–Kier alpha value is -5.22. The Morgan fingerprint density at radius 1 is 0.289 bits per heavy atom. The van der Waals surface area contributed by atoms with Crippen molar-refractivity contribution in [2.45, 2.75) is 0 Å². The highest BCUT2D eigenvalue weighted by Gasteiger charge is 2.16. The highest BCUT2D eigenvalue weighted by molar-refractivity contribution is 7.26. The number of nitrogens with zero attached hydrogens (tertiary/aromatic N) is 1. The molecule has 0 saturated carbocycles. The Kier molecular flexibility index (Phi) is 6.26. The summed E-state index contributed by atoms with van der Waals surface area (Å²) in [6.45, 7) is 0. The van der Waals surface area contributed by atoms with Crippen molar-refractivity contribution < 1.29 is 0 Å². The third-order valence-corrected chi connectivity index (χ3v) is 11.0. The van der Waals surface area contributed by atoms with Crippen molar-refractivity contribution in [2.75, 3.05) is 4.90 Å². The lowest BCUT2D eigenvalue weighted by atomic mass is 10.0. The Morgan fingerprint density at radius 3 is 1.62 bits per heavy atom. The minimum atomic E-state index is 1.13. The lowest BCUT2D eigenvalue weighted by Crippen LogP contribution is -2.09. The van der Waals surface area contributed by atoms with Gasteiger partial charge < -0.3 is 4.90 Å². The van der Waals surface area contributed by atoms with Gasteiger partial charge in [-0.25, -0.2) is 0 Å². The van der Waals surface area contributed by atoms with Gasteiger partial charge in [-0.1, -0.05) is 103 Å². The van der Waals surface area contributed by atoms with Crippen LogP contribution in [0, 0.1) is 0 Å². The van der Waals surface area contributed by atoms with E-state index >= 15 is 0 Å². The number of benzene rings is 7. The van der Waals surface area contributed by atoms with Crippen molar-refractivity contribution in [2.24, 2.45) is 0 Å². The first-order valence-corrected chi connectivity index (χ1v) is 16.8. The molecule has 3 heteroatoms. The molecule has 0 N–H and O–H groups in total. The van der Waals surface area contributed by atoms with Gasteiger partial charge in [-0.05, 0) is 82.9 Å². The second-order valence-electron chi connectivity index (χ2n) is 11.4. The Balaban J connectivity index is 1.19. The van der Waals surface area contributed by atoms with Crippen LogP contribution in [-0.4, -0.2) is 0 Å². The monoisotopic (exact) mass is 609 g/mol. The van der Waals surface area contributed by atoms with Gasteiger partial charge in [0, 0.05) is 57.4 Å². The fourth-order valence-electron chi connectivity index (χ4n) is 6.46. The van der Waals surface area contributed by atoms with Crippen LogP contribution in [0.4, 0.5) is 17.1 Å². The molecule has 0 fully saturated rings. The average Bonchev–Trinajstić information content (AvgIpc) is 3.67. The van der Waals surface area contributed by atoms with E-state index in [2.05, 4.69) is 169 Å². The largest absolute Gasteiger partial charge is 0.310 e. The van der Waals surface area contributed by atoms with E-state index in [1.165, 1.54) is 62.6 Å². The van der Waals surface area contributed by atoms with E-state index in [0.717, 1.165) is 17.1 Å². The van der Waals surface area contributed by atoms with Crippen LogP contribution in [0.3, 0.4) is 0 Å². The van der Waals surface area contributed by atoms with E-state index in [-0.39, 0.29) is 0 Å². The molecule has 0 unspecified atom stereocenters. The third-order valence-electron chi connectivity index (χ3n) is 8.67. The highest BCUT2D eigenvalue weighted by atomic mass is 32.1. The summed E-state index contributed by atoms with van der Waals surface area (Å²) in [4.78, 5) is 2.39. The van der Waals surface area contributed by atoms with E-state index < -0.39 is 0 Å². The summed E-state index contributed by atoms with van der Waals surface area (Å²) in [6.07, 6.45) is 0. The predicted octanol–water partition coefficient (Wildman–Crippen LogP) is 13.2. The van der Waals surface area contributed by atoms with E-state index in [9.17, 15) is 0 Å². The zero-order valence-corrected chi connectivity index (χ0v) is 26.0. The molecule has 0 spiro atoms. The van der Waals surface area contributed by atoms with Crippen molar-refractivity contribution in [3.05, 3.63) is 164 Å². The molecule has 212 valence electrons. The zero-order valence-electron chi connectivity index (χ0n) is 24.4. The summed E-state index contributed by atoms with van der Waals surface area (Å²) in [5.74, 6) is 0. The van der Waals surface area contributed by atoms with Gasteiger partial charge in [-0.2, -0.15) is 0 Å². The van der Waals surface area contributed by atoms with E-state index in [0.29, 0.717) is 0 Å². The van der Waals surface area contributed by atoms with E-state index in [1.54, 1.807) is 0 Å². The first-order valence-electron chi connectivity index (χ1n) is 15.2. The van der Waals surface area contributed by atoms with Crippen molar-refractivity contribution >= 4 is 80.1 Å². The molecule has 2 aromatic heterocycles. The maximum absolute atomic E-state index is 2.39. The molecule has 9 aromatic rings. The van der Waals surface area contributed by atoms with Gasteiger partial charge in [-0.3, -0.25) is 0 Å². The molecule has 0 atom stereocenters. The van der Waals surface area contributed by atoms with Crippen LogP contribution in [0.5, 0.6) is 0 Å². The van der Waals surface area contributed by atoms with Crippen LogP contribution in [0.25, 0.3) is 62.6 Å². The van der Waals surface area contributed by atoms with Gasteiger partial charge in [-0.15, -0.1) is 22.7 Å². The van der Waals surface area contributed by atoms with Crippen LogP contribution in [0.15, 0.2) is 164 Å². The predicted molar refractivity (Wildman–Crippen MR) is 198 cm³/mol. The van der Waals surface area contributed by atoms with Crippen molar-refractivity contribution in [3.8, 4) is 22.3 Å². The molecule has 0 radical (unpaired) electrons. The van der Waals surface area contributed by atoms with Crippen molar-refractivity contribution in [1.29, 1.82) is 0 Å². The van der Waals surface area contributed by atoms with Crippen molar-refractivity contribution in [1.82, 2.24) is 0 Å². The SMILES string of the molecule is c1ccc(-c2ccc(N(c3cccc(-c4ccc5sc6ccccc6c5c4)c3)c3ccc4c(c3)sc3ccccc34)cc2)cc1. The second kappa shape index (κ2) is 10.7. The fraction of sp³-hybridized carbons (Fsp3) is 0. The minimum Gasteiger partial charge on any atom is -0.310 e. The first kappa shape index (κ1) is 26.2. The van der Waals surface area contributed by atoms with Gasteiger partial charge in [0.15, 0.2) is 0 Å². The lowest BCUT2D eigenvalue weighted by Gasteiger charge is -2.26. The van der Waals surface area contributed by atoms with Crippen LogP contribution >= 0.6 is 22.7 Å².